The van der Waals surface area contributed by atoms with Gasteiger partial charge in [0.15, 0.2) is 0 Å². The summed E-state index contributed by atoms with van der Waals surface area (Å²) >= 11 is 0. The fourth-order valence-corrected chi connectivity index (χ4v) is 4.54. The monoisotopic (exact) mass is 378 g/mol. The van der Waals surface area contributed by atoms with Gasteiger partial charge < -0.3 is 18.6 Å². The Hall–Kier alpha value is -2.86. The van der Waals surface area contributed by atoms with E-state index in [1.54, 1.807) is 6.20 Å². The van der Waals surface area contributed by atoms with Crippen LogP contribution in [-0.4, -0.2) is 34.7 Å². The molecule has 3 fully saturated rings. The van der Waals surface area contributed by atoms with Crippen molar-refractivity contribution in [3.05, 3.63) is 65.6 Å². The highest BCUT2D eigenvalue weighted by Crippen LogP contribution is 2.58. The fourth-order valence-electron chi connectivity index (χ4n) is 4.54. The molecule has 3 aliphatic rings. The van der Waals surface area contributed by atoms with Gasteiger partial charge in [-0.05, 0) is 25.3 Å². The SMILES string of the molecule is COC(=O)c1cn2cc(C34COC(C)(C3)C4)nc2cc1OCc1ccccc1. The fraction of sp³-hybridized carbons (Fsp3) is 0.364. The standard InChI is InChI=1S/C22H22N2O4/c1-21-12-22(13-21,14-28-21)18-10-24-9-16(20(25)26-2)17(8-19(24)23-18)27-11-15-6-4-3-5-7-15/h3-10H,11-14H2,1-2H3. The van der Waals surface area contributed by atoms with Crippen LogP contribution in [0.3, 0.4) is 0 Å². The van der Waals surface area contributed by atoms with Crippen LogP contribution in [-0.2, 0) is 21.5 Å². The molecule has 2 aromatic heterocycles. The van der Waals surface area contributed by atoms with Gasteiger partial charge in [0.05, 0.1) is 25.0 Å². The summed E-state index contributed by atoms with van der Waals surface area (Å²) in [6.07, 6.45) is 5.72. The maximum Gasteiger partial charge on any atom is 0.343 e. The zero-order valence-electron chi connectivity index (χ0n) is 16.0. The van der Waals surface area contributed by atoms with E-state index in [4.69, 9.17) is 19.2 Å². The average molecular weight is 378 g/mol. The van der Waals surface area contributed by atoms with E-state index in [-0.39, 0.29) is 11.0 Å². The maximum atomic E-state index is 12.3. The van der Waals surface area contributed by atoms with Crippen LogP contribution < -0.4 is 4.74 Å². The Morgan fingerprint density at radius 1 is 1.25 bits per heavy atom. The lowest BCUT2D eigenvalue weighted by molar-refractivity contribution is 0.0154. The molecule has 2 bridgehead atoms. The third-order valence-electron chi connectivity index (χ3n) is 5.86. The number of pyridine rings is 1. The predicted octanol–water partition coefficient (Wildman–Crippen LogP) is 3.52. The first-order chi connectivity index (χ1) is 13.5. The summed E-state index contributed by atoms with van der Waals surface area (Å²) in [6, 6.07) is 11.6. The average Bonchev–Trinajstić information content (AvgIpc) is 3.36. The number of fused-ring (bicyclic) bond motifs is 2. The molecule has 2 aliphatic heterocycles. The number of imidazole rings is 1. The van der Waals surface area contributed by atoms with E-state index >= 15 is 0 Å². The molecular formula is C22H22N2O4. The highest BCUT2D eigenvalue weighted by molar-refractivity contribution is 5.92. The van der Waals surface area contributed by atoms with Crippen LogP contribution in [0.1, 0.15) is 41.4 Å². The number of hydrogen-bond acceptors (Lipinski definition) is 5. The lowest BCUT2D eigenvalue weighted by Gasteiger charge is -2.41. The van der Waals surface area contributed by atoms with E-state index in [2.05, 4.69) is 6.92 Å². The number of ether oxygens (including phenoxy) is 3. The zero-order chi connectivity index (χ0) is 19.4. The van der Waals surface area contributed by atoms with Gasteiger partial charge in [-0.1, -0.05) is 30.3 Å². The normalized spacial score (nSPS) is 25.5. The quantitative estimate of drug-likeness (QED) is 0.636. The molecule has 1 aliphatic carbocycles. The number of rotatable bonds is 5. The third-order valence-corrected chi connectivity index (χ3v) is 5.86. The summed E-state index contributed by atoms with van der Waals surface area (Å²) in [4.78, 5) is 17.1. The third kappa shape index (κ3) is 2.67. The number of carbonyl (C=O) groups excluding carboxylic acids is 1. The largest absolute Gasteiger partial charge is 0.488 e. The molecule has 6 nitrogen and oxygen atoms in total. The summed E-state index contributed by atoms with van der Waals surface area (Å²) in [7, 11) is 1.37. The van der Waals surface area contributed by atoms with E-state index in [9.17, 15) is 4.79 Å². The molecular weight excluding hydrogens is 356 g/mol. The minimum Gasteiger partial charge on any atom is -0.488 e. The second kappa shape index (κ2) is 6.07. The Morgan fingerprint density at radius 3 is 2.71 bits per heavy atom. The highest BCUT2D eigenvalue weighted by atomic mass is 16.5. The Labute approximate surface area is 163 Å². The molecule has 0 N–H and O–H groups in total. The summed E-state index contributed by atoms with van der Waals surface area (Å²) in [5, 5.41) is 0. The van der Waals surface area contributed by atoms with Crippen molar-refractivity contribution < 1.29 is 19.0 Å². The first kappa shape index (κ1) is 17.3. The van der Waals surface area contributed by atoms with E-state index < -0.39 is 5.97 Å². The van der Waals surface area contributed by atoms with Gasteiger partial charge >= 0.3 is 5.97 Å². The molecule has 0 amide bonds. The van der Waals surface area contributed by atoms with Crippen molar-refractivity contribution in [3.8, 4) is 5.75 Å². The van der Waals surface area contributed by atoms with Crippen LogP contribution in [0.4, 0.5) is 0 Å². The van der Waals surface area contributed by atoms with Gasteiger partial charge in [-0.15, -0.1) is 0 Å². The smallest absolute Gasteiger partial charge is 0.343 e. The topological polar surface area (TPSA) is 62.1 Å². The second-order valence-electron chi connectivity index (χ2n) is 8.08. The molecule has 2 saturated heterocycles. The molecule has 0 atom stereocenters. The van der Waals surface area contributed by atoms with Crippen molar-refractivity contribution in [1.82, 2.24) is 9.38 Å². The molecule has 3 aromatic rings. The van der Waals surface area contributed by atoms with Gasteiger partial charge in [-0.2, -0.15) is 0 Å². The van der Waals surface area contributed by atoms with Crippen LogP contribution in [0.25, 0.3) is 5.65 Å². The van der Waals surface area contributed by atoms with Gasteiger partial charge in [-0.25, -0.2) is 9.78 Å². The van der Waals surface area contributed by atoms with Crippen molar-refractivity contribution in [3.63, 3.8) is 0 Å². The van der Waals surface area contributed by atoms with E-state index in [0.717, 1.165) is 29.7 Å². The van der Waals surface area contributed by atoms with Crippen molar-refractivity contribution in [2.75, 3.05) is 13.7 Å². The number of nitrogens with zero attached hydrogens (tertiary/aromatic N) is 2. The molecule has 0 unspecified atom stereocenters. The van der Waals surface area contributed by atoms with Crippen LogP contribution in [0.15, 0.2) is 48.8 Å². The lowest BCUT2D eigenvalue weighted by Crippen LogP contribution is -2.45. The zero-order valence-corrected chi connectivity index (χ0v) is 16.0. The number of aromatic nitrogens is 2. The Balaban J connectivity index is 1.50. The molecule has 0 radical (unpaired) electrons. The number of benzene rings is 1. The number of carbonyl (C=O) groups is 1. The van der Waals surface area contributed by atoms with Gasteiger partial charge in [0.2, 0.25) is 0 Å². The van der Waals surface area contributed by atoms with Crippen molar-refractivity contribution >= 4 is 11.6 Å². The summed E-state index contributed by atoms with van der Waals surface area (Å²) < 4.78 is 18.7. The highest BCUT2D eigenvalue weighted by Gasteiger charge is 2.61. The Kier molecular flexibility index (Phi) is 3.74. The molecule has 144 valence electrons. The minimum absolute atomic E-state index is 0.00272. The summed E-state index contributed by atoms with van der Waals surface area (Å²) in [6.45, 7) is 3.22. The summed E-state index contributed by atoms with van der Waals surface area (Å²) in [5.74, 6) is 0.0396. The van der Waals surface area contributed by atoms with E-state index in [1.807, 2.05) is 47.0 Å². The molecule has 1 aromatic carbocycles. The predicted molar refractivity (Wildman–Crippen MR) is 103 cm³/mol. The first-order valence-corrected chi connectivity index (χ1v) is 9.43. The lowest BCUT2D eigenvalue weighted by atomic mass is 9.62. The second-order valence-corrected chi connectivity index (χ2v) is 8.08. The molecule has 28 heavy (non-hydrogen) atoms. The maximum absolute atomic E-state index is 12.3. The number of methoxy groups -OCH3 is 1. The van der Waals surface area contributed by atoms with Gasteiger partial charge in [-0.3, -0.25) is 0 Å². The number of esters is 1. The molecule has 4 heterocycles. The van der Waals surface area contributed by atoms with Gasteiger partial charge in [0.1, 0.15) is 23.6 Å². The molecule has 6 heteroatoms. The summed E-state index contributed by atoms with van der Waals surface area (Å²) in [5.41, 5.74) is 3.17. The number of hydrogen-bond donors (Lipinski definition) is 0. The van der Waals surface area contributed by atoms with Crippen molar-refractivity contribution in [2.24, 2.45) is 0 Å². The Morgan fingerprint density at radius 2 is 2.04 bits per heavy atom. The molecule has 1 saturated carbocycles. The van der Waals surface area contributed by atoms with Gasteiger partial charge in [0, 0.05) is 23.9 Å². The van der Waals surface area contributed by atoms with Crippen molar-refractivity contribution in [2.45, 2.75) is 37.4 Å². The van der Waals surface area contributed by atoms with E-state index in [1.165, 1.54) is 7.11 Å². The van der Waals surface area contributed by atoms with Crippen molar-refractivity contribution in [1.29, 1.82) is 0 Å². The molecule has 0 spiro atoms. The van der Waals surface area contributed by atoms with Crippen LogP contribution in [0.2, 0.25) is 0 Å². The van der Waals surface area contributed by atoms with Gasteiger partial charge in [0.25, 0.3) is 0 Å². The molecule has 6 rings (SSSR count). The minimum atomic E-state index is -0.432. The van der Waals surface area contributed by atoms with Crippen LogP contribution in [0, 0.1) is 0 Å². The first-order valence-electron chi connectivity index (χ1n) is 9.43. The Bertz CT molecular complexity index is 1050. The van der Waals surface area contributed by atoms with Crippen LogP contribution in [0.5, 0.6) is 5.75 Å². The van der Waals surface area contributed by atoms with E-state index in [0.29, 0.717) is 24.5 Å². The van der Waals surface area contributed by atoms with Crippen LogP contribution >= 0.6 is 0 Å².